The van der Waals surface area contributed by atoms with Gasteiger partial charge in [-0.25, -0.2) is 4.79 Å². The zero-order valence-electron chi connectivity index (χ0n) is 19.8. The van der Waals surface area contributed by atoms with Crippen LogP contribution in [0.3, 0.4) is 0 Å². The van der Waals surface area contributed by atoms with E-state index in [0.29, 0.717) is 26.4 Å². The number of ether oxygens (including phenoxy) is 4. The highest BCUT2D eigenvalue weighted by atomic mass is 16.5. The lowest BCUT2D eigenvalue weighted by Gasteiger charge is -2.39. The Morgan fingerprint density at radius 3 is 2.79 bits per heavy atom. The van der Waals surface area contributed by atoms with Crippen LogP contribution in [-0.2, 0) is 22.4 Å². The Balaban J connectivity index is 1.86. The largest absolute Gasteiger partial charge is 0.490 e. The van der Waals surface area contributed by atoms with Crippen LogP contribution >= 0.6 is 0 Å². The molecule has 0 spiro atoms. The Bertz CT molecular complexity index is 1090. The topological polar surface area (TPSA) is 79.2 Å². The number of esters is 1. The molecule has 0 saturated carbocycles. The minimum atomic E-state index is -0.600. The van der Waals surface area contributed by atoms with Crippen molar-refractivity contribution in [2.45, 2.75) is 52.6 Å². The average Bonchev–Trinajstić information content (AvgIpc) is 2.80. The third-order valence-corrected chi connectivity index (χ3v) is 5.98. The standard InChI is InChI=1S/C25H32N2O6/c1-5-31-25(29)19-15-27-20(13-21(19)28)23-17(14-26(27)16(2)3)12-22(32-11-7-9-30-4)24-18(23)8-6-10-33-24/h12-13,15-16H,5-11,14H2,1-4H3. The molecule has 0 N–H and O–H groups in total. The van der Waals surface area contributed by atoms with Crippen LogP contribution in [-0.4, -0.2) is 50.2 Å². The first-order chi connectivity index (χ1) is 16.0. The van der Waals surface area contributed by atoms with Gasteiger partial charge in [0.05, 0.1) is 32.1 Å². The Hall–Kier alpha value is -3.00. The summed E-state index contributed by atoms with van der Waals surface area (Å²) in [5.74, 6) is 0.892. The SMILES string of the molecule is CCOC(=O)c1cn2c(cc1=O)-c1c(cc(OCCCOC)c3c1CCCO3)CN2C(C)C. The second-order valence-corrected chi connectivity index (χ2v) is 8.56. The highest BCUT2D eigenvalue weighted by Crippen LogP contribution is 2.45. The van der Waals surface area contributed by atoms with Gasteiger partial charge in [-0.05, 0) is 45.2 Å². The second kappa shape index (κ2) is 9.87. The van der Waals surface area contributed by atoms with Crippen molar-refractivity contribution in [1.82, 2.24) is 4.68 Å². The van der Waals surface area contributed by atoms with E-state index in [1.165, 1.54) is 0 Å². The van der Waals surface area contributed by atoms with Gasteiger partial charge in [-0.3, -0.25) is 9.47 Å². The van der Waals surface area contributed by atoms with Gasteiger partial charge >= 0.3 is 5.97 Å². The molecule has 0 atom stereocenters. The monoisotopic (exact) mass is 456 g/mol. The molecule has 0 amide bonds. The van der Waals surface area contributed by atoms with E-state index in [1.54, 1.807) is 26.3 Å². The number of pyridine rings is 1. The summed E-state index contributed by atoms with van der Waals surface area (Å²) in [5.41, 5.74) is 3.59. The first-order valence-corrected chi connectivity index (χ1v) is 11.6. The molecule has 0 fully saturated rings. The minimum absolute atomic E-state index is 0.0397. The quantitative estimate of drug-likeness (QED) is 0.445. The number of rotatable bonds is 8. The van der Waals surface area contributed by atoms with Gasteiger partial charge in [-0.2, -0.15) is 0 Å². The molecule has 8 heteroatoms. The molecule has 3 heterocycles. The third kappa shape index (κ3) is 4.44. The van der Waals surface area contributed by atoms with Crippen molar-refractivity contribution >= 4 is 5.97 Å². The van der Waals surface area contributed by atoms with Crippen molar-refractivity contribution in [3.05, 3.63) is 45.2 Å². The van der Waals surface area contributed by atoms with Gasteiger partial charge in [0, 0.05) is 49.6 Å². The number of methoxy groups -OCH3 is 1. The van der Waals surface area contributed by atoms with Gasteiger partial charge in [0.1, 0.15) is 5.56 Å². The molecule has 178 valence electrons. The number of nitrogens with zero attached hydrogens (tertiary/aromatic N) is 2. The van der Waals surface area contributed by atoms with Crippen molar-refractivity contribution < 1.29 is 23.7 Å². The maximum atomic E-state index is 12.9. The molecule has 8 nitrogen and oxygen atoms in total. The number of hydrogen-bond donors (Lipinski definition) is 0. The molecule has 0 aliphatic carbocycles. The molecule has 1 aromatic carbocycles. The number of aromatic nitrogens is 1. The number of hydrogen-bond acceptors (Lipinski definition) is 7. The van der Waals surface area contributed by atoms with Gasteiger partial charge in [0.25, 0.3) is 0 Å². The minimum Gasteiger partial charge on any atom is -0.490 e. The fourth-order valence-electron chi connectivity index (χ4n) is 4.48. The highest BCUT2D eigenvalue weighted by Gasteiger charge is 2.32. The molecule has 0 radical (unpaired) electrons. The average molecular weight is 457 g/mol. The van der Waals surface area contributed by atoms with Crippen molar-refractivity contribution in [1.29, 1.82) is 0 Å². The normalized spacial score (nSPS) is 14.3. The summed E-state index contributed by atoms with van der Waals surface area (Å²) in [5, 5.41) is 2.13. The van der Waals surface area contributed by atoms with Crippen LogP contribution in [0.2, 0.25) is 0 Å². The molecule has 4 rings (SSSR count). The van der Waals surface area contributed by atoms with Gasteiger partial charge in [0.15, 0.2) is 16.9 Å². The van der Waals surface area contributed by atoms with Crippen LogP contribution < -0.4 is 19.9 Å². The summed E-state index contributed by atoms with van der Waals surface area (Å²) in [6, 6.07) is 3.72. The first-order valence-electron chi connectivity index (χ1n) is 11.6. The summed E-state index contributed by atoms with van der Waals surface area (Å²) in [6.45, 7) is 8.53. The summed E-state index contributed by atoms with van der Waals surface area (Å²) in [6.07, 6.45) is 4.13. The smallest absolute Gasteiger partial charge is 0.343 e. The molecule has 1 aromatic heterocycles. The lowest BCUT2D eigenvalue weighted by atomic mass is 9.90. The van der Waals surface area contributed by atoms with Crippen molar-refractivity contribution in [3.8, 4) is 22.8 Å². The van der Waals surface area contributed by atoms with Crippen LogP contribution in [0.25, 0.3) is 11.3 Å². The molecular formula is C25H32N2O6. The Labute approximate surface area is 194 Å². The van der Waals surface area contributed by atoms with E-state index in [1.807, 2.05) is 10.7 Å². The molecular weight excluding hydrogens is 424 g/mol. The summed E-state index contributed by atoms with van der Waals surface area (Å²) in [4.78, 5) is 25.3. The third-order valence-electron chi connectivity index (χ3n) is 5.98. The highest BCUT2D eigenvalue weighted by molar-refractivity contribution is 5.90. The van der Waals surface area contributed by atoms with Crippen LogP contribution in [0.4, 0.5) is 0 Å². The number of carbonyl (C=O) groups excluding carboxylic acids is 1. The van der Waals surface area contributed by atoms with E-state index in [9.17, 15) is 9.59 Å². The molecule has 0 bridgehead atoms. The van der Waals surface area contributed by atoms with E-state index in [4.69, 9.17) is 18.9 Å². The Morgan fingerprint density at radius 2 is 2.06 bits per heavy atom. The van der Waals surface area contributed by atoms with Gasteiger partial charge < -0.3 is 24.0 Å². The number of carbonyl (C=O) groups is 1. The van der Waals surface area contributed by atoms with Crippen molar-refractivity contribution in [2.75, 3.05) is 38.5 Å². The first kappa shape index (κ1) is 23.2. The molecule has 0 unspecified atom stereocenters. The molecule has 2 aromatic rings. The van der Waals surface area contributed by atoms with E-state index in [0.717, 1.165) is 53.1 Å². The second-order valence-electron chi connectivity index (χ2n) is 8.56. The van der Waals surface area contributed by atoms with E-state index in [-0.39, 0.29) is 23.6 Å². The van der Waals surface area contributed by atoms with Crippen molar-refractivity contribution in [3.63, 3.8) is 0 Å². The van der Waals surface area contributed by atoms with E-state index < -0.39 is 5.97 Å². The maximum Gasteiger partial charge on any atom is 0.343 e. The van der Waals surface area contributed by atoms with E-state index >= 15 is 0 Å². The van der Waals surface area contributed by atoms with Gasteiger partial charge in [-0.15, -0.1) is 0 Å². The lowest BCUT2D eigenvalue weighted by Crippen LogP contribution is -2.44. The predicted octanol–water partition coefficient (Wildman–Crippen LogP) is 3.29. The van der Waals surface area contributed by atoms with Gasteiger partial charge in [0.2, 0.25) is 0 Å². The Morgan fingerprint density at radius 1 is 1.24 bits per heavy atom. The maximum absolute atomic E-state index is 12.9. The molecule has 2 aliphatic rings. The fraction of sp³-hybridized carbons (Fsp3) is 0.520. The van der Waals surface area contributed by atoms with Crippen LogP contribution in [0.15, 0.2) is 23.1 Å². The molecule has 2 aliphatic heterocycles. The van der Waals surface area contributed by atoms with Gasteiger partial charge in [-0.1, -0.05) is 0 Å². The molecule has 0 saturated heterocycles. The van der Waals surface area contributed by atoms with Crippen LogP contribution in [0.1, 0.15) is 55.1 Å². The van der Waals surface area contributed by atoms with Crippen LogP contribution in [0.5, 0.6) is 11.5 Å². The molecule has 33 heavy (non-hydrogen) atoms. The van der Waals surface area contributed by atoms with Crippen molar-refractivity contribution in [2.24, 2.45) is 0 Å². The number of fused-ring (bicyclic) bond motifs is 5. The van der Waals surface area contributed by atoms with E-state index in [2.05, 4.69) is 18.9 Å². The zero-order chi connectivity index (χ0) is 23.5. The number of benzene rings is 1. The summed E-state index contributed by atoms with van der Waals surface area (Å²) >= 11 is 0. The fourth-order valence-corrected chi connectivity index (χ4v) is 4.48. The lowest BCUT2D eigenvalue weighted by molar-refractivity contribution is 0.0523. The predicted molar refractivity (Wildman–Crippen MR) is 125 cm³/mol. The van der Waals surface area contributed by atoms with Crippen LogP contribution in [0, 0.1) is 0 Å². The summed E-state index contributed by atoms with van der Waals surface area (Å²) in [7, 11) is 1.68. The Kier molecular flexibility index (Phi) is 6.93. The summed E-state index contributed by atoms with van der Waals surface area (Å²) < 4.78 is 24.3. The zero-order valence-corrected chi connectivity index (χ0v) is 19.8.